The van der Waals surface area contributed by atoms with E-state index >= 15 is 0 Å². The second-order valence-electron chi connectivity index (χ2n) is 6.31. The highest BCUT2D eigenvalue weighted by atomic mass is 32.1. The van der Waals surface area contributed by atoms with Crippen molar-refractivity contribution in [2.45, 2.75) is 46.0 Å². The normalized spacial score (nSPS) is 11.8. The van der Waals surface area contributed by atoms with Crippen molar-refractivity contribution in [3.63, 3.8) is 0 Å². The predicted octanol–water partition coefficient (Wildman–Crippen LogP) is 4.21. The third-order valence-corrected chi connectivity index (χ3v) is 5.03. The van der Waals surface area contributed by atoms with E-state index in [0.717, 1.165) is 23.3 Å². The molecular weight excluding hydrogens is 346 g/mol. The van der Waals surface area contributed by atoms with Crippen molar-refractivity contribution >= 4 is 28.3 Å². The maximum Gasteiger partial charge on any atom is 0.245 e. The molecule has 0 bridgehead atoms. The van der Waals surface area contributed by atoms with Gasteiger partial charge in [-0.05, 0) is 25.3 Å². The SMILES string of the molecule is CCCCN(CC(=O)Nc1ncc(C)s1)C(=O)C(CC)c1ccccc1. The third kappa shape index (κ3) is 5.66. The second kappa shape index (κ2) is 10.1. The van der Waals surface area contributed by atoms with E-state index in [-0.39, 0.29) is 24.3 Å². The van der Waals surface area contributed by atoms with Gasteiger partial charge in [0.05, 0.1) is 12.5 Å². The fourth-order valence-corrected chi connectivity index (χ4v) is 3.50. The van der Waals surface area contributed by atoms with Crippen LogP contribution in [0.1, 0.15) is 49.5 Å². The number of hydrogen-bond donors (Lipinski definition) is 1. The molecule has 1 unspecified atom stereocenters. The lowest BCUT2D eigenvalue weighted by Crippen LogP contribution is -2.41. The average molecular weight is 374 g/mol. The Hall–Kier alpha value is -2.21. The molecule has 5 nitrogen and oxygen atoms in total. The van der Waals surface area contributed by atoms with Crippen molar-refractivity contribution in [2.75, 3.05) is 18.4 Å². The summed E-state index contributed by atoms with van der Waals surface area (Å²) >= 11 is 1.43. The molecule has 1 aromatic carbocycles. The molecule has 26 heavy (non-hydrogen) atoms. The van der Waals surface area contributed by atoms with Gasteiger partial charge in [0.25, 0.3) is 0 Å². The molecule has 0 fully saturated rings. The molecule has 0 radical (unpaired) electrons. The Morgan fingerprint density at radius 1 is 1.23 bits per heavy atom. The fraction of sp³-hybridized carbons (Fsp3) is 0.450. The van der Waals surface area contributed by atoms with E-state index in [1.54, 1.807) is 11.1 Å². The topological polar surface area (TPSA) is 62.3 Å². The smallest absolute Gasteiger partial charge is 0.245 e. The minimum atomic E-state index is -0.219. The maximum atomic E-state index is 13.1. The highest BCUT2D eigenvalue weighted by Gasteiger charge is 2.25. The number of nitrogens with zero attached hydrogens (tertiary/aromatic N) is 2. The fourth-order valence-electron chi connectivity index (χ4n) is 2.82. The lowest BCUT2D eigenvalue weighted by molar-refractivity contribution is -0.136. The largest absolute Gasteiger partial charge is 0.333 e. The quantitative estimate of drug-likeness (QED) is 0.716. The number of hydrogen-bond acceptors (Lipinski definition) is 4. The molecule has 1 aromatic heterocycles. The molecule has 0 saturated heterocycles. The number of unbranched alkanes of at least 4 members (excludes halogenated alkanes) is 1. The van der Waals surface area contributed by atoms with Crippen molar-refractivity contribution in [3.05, 3.63) is 47.0 Å². The average Bonchev–Trinajstić information content (AvgIpc) is 3.04. The zero-order chi connectivity index (χ0) is 18.9. The molecule has 2 aromatic rings. The monoisotopic (exact) mass is 373 g/mol. The van der Waals surface area contributed by atoms with Crippen LogP contribution in [-0.2, 0) is 9.59 Å². The van der Waals surface area contributed by atoms with Crippen LogP contribution in [0, 0.1) is 6.92 Å². The molecule has 2 amide bonds. The number of carbonyl (C=O) groups is 2. The summed E-state index contributed by atoms with van der Waals surface area (Å²) in [5.41, 5.74) is 0.998. The summed E-state index contributed by atoms with van der Waals surface area (Å²) in [6, 6.07) is 9.78. The zero-order valence-electron chi connectivity index (χ0n) is 15.7. The number of rotatable bonds is 9. The van der Waals surface area contributed by atoms with Crippen molar-refractivity contribution < 1.29 is 9.59 Å². The highest BCUT2D eigenvalue weighted by Crippen LogP contribution is 2.22. The maximum absolute atomic E-state index is 13.1. The number of thiazole rings is 1. The van der Waals surface area contributed by atoms with E-state index in [2.05, 4.69) is 17.2 Å². The van der Waals surface area contributed by atoms with Crippen LogP contribution >= 0.6 is 11.3 Å². The summed E-state index contributed by atoms with van der Waals surface area (Å²) in [6.07, 6.45) is 4.28. The first kappa shape index (κ1) is 20.1. The molecule has 0 aliphatic carbocycles. The number of nitrogens with one attached hydrogen (secondary N) is 1. The molecular formula is C20H27N3O2S. The van der Waals surface area contributed by atoms with Crippen LogP contribution in [0.5, 0.6) is 0 Å². The second-order valence-corrected chi connectivity index (χ2v) is 7.54. The minimum Gasteiger partial charge on any atom is -0.333 e. The first-order valence-electron chi connectivity index (χ1n) is 9.11. The van der Waals surface area contributed by atoms with E-state index in [9.17, 15) is 9.59 Å². The molecule has 1 N–H and O–H groups in total. The number of benzene rings is 1. The van der Waals surface area contributed by atoms with Gasteiger partial charge in [-0.15, -0.1) is 11.3 Å². The summed E-state index contributed by atoms with van der Waals surface area (Å²) in [5, 5.41) is 3.37. The van der Waals surface area contributed by atoms with Gasteiger partial charge in [0, 0.05) is 17.6 Å². The third-order valence-electron chi connectivity index (χ3n) is 4.20. The number of aromatic nitrogens is 1. The molecule has 1 atom stereocenters. The number of amides is 2. The van der Waals surface area contributed by atoms with E-state index in [1.165, 1.54) is 11.3 Å². The highest BCUT2D eigenvalue weighted by molar-refractivity contribution is 7.15. The van der Waals surface area contributed by atoms with Gasteiger partial charge in [-0.1, -0.05) is 50.6 Å². The molecule has 0 spiro atoms. The Bertz CT molecular complexity index is 715. The van der Waals surface area contributed by atoms with Gasteiger partial charge in [-0.25, -0.2) is 4.98 Å². The lowest BCUT2D eigenvalue weighted by atomic mass is 9.95. The summed E-state index contributed by atoms with van der Waals surface area (Å²) < 4.78 is 0. The molecule has 140 valence electrons. The summed E-state index contributed by atoms with van der Waals surface area (Å²) in [6.45, 7) is 6.67. The Kier molecular flexibility index (Phi) is 7.78. The lowest BCUT2D eigenvalue weighted by Gasteiger charge is -2.26. The minimum absolute atomic E-state index is 0.0117. The van der Waals surface area contributed by atoms with Crippen LogP contribution in [0.4, 0.5) is 5.13 Å². The Morgan fingerprint density at radius 3 is 2.54 bits per heavy atom. The standard InChI is InChI=1S/C20H27N3O2S/c1-4-6-12-23(14-18(24)22-20-21-13-15(3)26-20)19(25)17(5-2)16-10-8-7-9-11-16/h7-11,13,17H,4-6,12,14H2,1-3H3,(H,21,22,24). The van der Waals surface area contributed by atoms with Crippen LogP contribution in [0.15, 0.2) is 36.5 Å². The molecule has 6 heteroatoms. The first-order chi connectivity index (χ1) is 12.5. The molecule has 2 rings (SSSR count). The van der Waals surface area contributed by atoms with Gasteiger partial charge in [0.2, 0.25) is 11.8 Å². The van der Waals surface area contributed by atoms with Gasteiger partial charge in [-0.2, -0.15) is 0 Å². The summed E-state index contributed by atoms with van der Waals surface area (Å²) in [4.78, 5) is 32.4. The Morgan fingerprint density at radius 2 is 1.96 bits per heavy atom. The van der Waals surface area contributed by atoms with Crippen molar-refractivity contribution in [1.29, 1.82) is 0 Å². The van der Waals surface area contributed by atoms with E-state index in [1.807, 2.05) is 44.2 Å². The number of carbonyl (C=O) groups excluding carboxylic acids is 2. The van der Waals surface area contributed by atoms with Crippen molar-refractivity contribution in [2.24, 2.45) is 0 Å². The molecule has 1 heterocycles. The predicted molar refractivity (Wildman–Crippen MR) is 106 cm³/mol. The molecule has 0 aliphatic rings. The number of anilines is 1. The first-order valence-corrected chi connectivity index (χ1v) is 9.92. The van der Waals surface area contributed by atoms with Crippen LogP contribution in [0.2, 0.25) is 0 Å². The van der Waals surface area contributed by atoms with Gasteiger partial charge in [0.1, 0.15) is 0 Å². The zero-order valence-corrected chi connectivity index (χ0v) is 16.5. The van der Waals surface area contributed by atoms with Crippen LogP contribution < -0.4 is 5.32 Å². The van der Waals surface area contributed by atoms with Crippen molar-refractivity contribution in [3.8, 4) is 0 Å². The van der Waals surface area contributed by atoms with Gasteiger partial charge < -0.3 is 10.2 Å². The van der Waals surface area contributed by atoms with Gasteiger partial charge >= 0.3 is 0 Å². The van der Waals surface area contributed by atoms with E-state index in [0.29, 0.717) is 18.1 Å². The van der Waals surface area contributed by atoms with Crippen LogP contribution in [0.3, 0.4) is 0 Å². The summed E-state index contributed by atoms with van der Waals surface area (Å²) in [7, 11) is 0. The number of aryl methyl sites for hydroxylation is 1. The van der Waals surface area contributed by atoms with Crippen molar-refractivity contribution in [1.82, 2.24) is 9.88 Å². The van der Waals surface area contributed by atoms with E-state index < -0.39 is 0 Å². The molecule has 0 saturated carbocycles. The van der Waals surface area contributed by atoms with Gasteiger partial charge in [-0.3, -0.25) is 9.59 Å². The van der Waals surface area contributed by atoms with Gasteiger partial charge in [0.15, 0.2) is 5.13 Å². The summed E-state index contributed by atoms with van der Waals surface area (Å²) in [5.74, 6) is -0.410. The Labute approximate surface area is 159 Å². The Balaban J connectivity index is 2.09. The van der Waals surface area contributed by atoms with Crippen LogP contribution in [-0.4, -0.2) is 34.8 Å². The molecule has 0 aliphatic heterocycles. The van der Waals surface area contributed by atoms with E-state index in [4.69, 9.17) is 0 Å². The van der Waals surface area contributed by atoms with Crippen LogP contribution in [0.25, 0.3) is 0 Å².